The predicted octanol–water partition coefficient (Wildman–Crippen LogP) is 3.60. The number of halogens is 3. The Morgan fingerprint density at radius 1 is 1.13 bits per heavy atom. The summed E-state index contributed by atoms with van der Waals surface area (Å²) in [5, 5.41) is 0. The van der Waals surface area contributed by atoms with E-state index >= 15 is 0 Å². The van der Waals surface area contributed by atoms with Crippen LogP contribution >= 0.6 is 7.60 Å². The molecular weight excluding hydrogens is 358 g/mol. The maximum atomic E-state index is 13.2. The molecule has 11 heteroatoms. The van der Waals surface area contributed by atoms with Gasteiger partial charge in [0.1, 0.15) is 0 Å². The highest BCUT2D eigenvalue weighted by atomic mass is 32.2. The Morgan fingerprint density at radius 2 is 1.61 bits per heavy atom. The van der Waals surface area contributed by atoms with E-state index in [0.29, 0.717) is 0 Å². The van der Waals surface area contributed by atoms with E-state index in [1.807, 2.05) is 0 Å². The second-order valence-electron chi connectivity index (χ2n) is 4.03. The maximum Gasteiger partial charge on any atom is 0.442 e. The molecule has 0 atom stereocenters. The molecule has 0 amide bonds. The second kappa shape index (κ2) is 7.57. The number of hydrogen-bond donors (Lipinski definition) is 0. The highest BCUT2D eigenvalue weighted by molar-refractivity contribution is 7.91. The number of rotatable bonds is 7. The predicted molar refractivity (Wildman–Crippen MR) is 78.0 cm³/mol. The first-order valence-corrected chi connectivity index (χ1v) is 9.42. The summed E-state index contributed by atoms with van der Waals surface area (Å²) in [5.74, 6) is 0. The third kappa shape index (κ3) is 5.13. The van der Waals surface area contributed by atoms with E-state index in [4.69, 9.17) is 0 Å². The van der Waals surface area contributed by atoms with E-state index < -0.39 is 34.1 Å². The highest BCUT2D eigenvalue weighted by Gasteiger charge is 2.51. The van der Waals surface area contributed by atoms with Crippen molar-refractivity contribution >= 4 is 23.1 Å². The first-order valence-electron chi connectivity index (χ1n) is 6.43. The molecule has 0 aliphatic carbocycles. The zero-order valence-electron chi connectivity index (χ0n) is 12.3. The van der Waals surface area contributed by atoms with E-state index in [1.165, 1.54) is 32.0 Å². The van der Waals surface area contributed by atoms with Crippen LogP contribution in [0.2, 0.25) is 0 Å². The molecule has 0 aliphatic rings. The largest absolute Gasteiger partial charge is 0.442 e. The summed E-state index contributed by atoms with van der Waals surface area (Å²) < 4.78 is 87.7. The smallest absolute Gasteiger partial charge is 0.304 e. The zero-order chi connectivity index (χ0) is 17.7. The Kier molecular flexibility index (Phi) is 6.52. The Bertz CT molecular complexity index is 693. The number of alkyl halides is 3. The quantitative estimate of drug-likeness (QED) is 0.539. The summed E-state index contributed by atoms with van der Waals surface area (Å²) in [6.45, 7) is 1.84. The van der Waals surface area contributed by atoms with Crippen LogP contribution in [0.4, 0.5) is 13.2 Å². The topological polar surface area (TPSA) is 82.0 Å². The van der Waals surface area contributed by atoms with Crippen LogP contribution in [0.5, 0.6) is 0 Å². The Morgan fingerprint density at radius 3 is 2.00 bits per heavy atom. The molecule has 23 heavy (non-hydrogen) atoms. The number of nitrogens with zero attached hydrogens (tertiary/aromatic N) is 1. The van der Waals surface area contributed by atoms with Crippen molar-refractivity contribution in [2.24, 2.45) is 4.40 Å². The van der Waals surface area contributed by atoms with Crippen molar-refractivity contribution in [2.75, 3.05) is 13.2 Å². The van der Waals surface area contributed by atoms with Gasteiger partial charge in [-0.3, -0.25) is 4.57 Å². The van der Waals surface area contributed by atoms with E-state index in [-0.39, 0.29) is 13.2 Å². The number of sulfonamides is 1. The van der Waals surface area contributed by atoms with Gasteiger partial charge in [0.2, 0.25) is 5.45 Å². The lowest BCUT2D eigenvalue weighted by Crippen LogP contribution is -2.26. The summed E-state index contributed by atoms with van der Waals surface area (Å²) in [6.07, 6.45) is -5.30. The van der Waals surface area contributed by atoms with E-state index in [9.17, 15) is 26.2 Å². The molecule has 0 spiro atoms. The lowest BCUT2D eigenvalue weighted by atomic mass is 10.4. The Hall–Kier alpha value is -1.22. The lowest BCUT2D eigenvalue weighted by molar-refractivity contribution is -0.0571. The molecule has 0 heterocycles. The molecule has 1 aromatic rings. The summed E-state index contributed by atoms with van der Waals surface area (Å²) >= 11 is 0. The maximum absolute atomic E-state index is 13.2. The van der Waals surface area contributed by atoms with Crippen molar-refractivity contribution < 1.29 is 35.2 Å². The van der Waals surface area contributed by atoms with Gasteiger partial charge in [0.05, 0.1) is 18.1 Å². The summed E-state index contributed by atoms with van der Waals surface area (Å²) in [5.41, 5.74) is -2.10. The fourth-order valence-corrected chi connectivity index (χ4v) is 4.49. The second-order valence-corrected chi connectivity index (χ2v) is 7.57. The van der Waals surface area contributed by atoms with Crippen LogP contribution in [0, 0.1) is 0 Å². The van der Waals surface area contributed by atoms with Gasteiger partial charge in [-0.05, 0) is 26.0 Å². The van der Waals surface area contributed by atoms with Crippen LogP contribution in [0.15, 0.2) is 39.6 Å². The monoisotopic (exact) mass is 373 g/mol. The van der Waals surface area contributed by atoms with Gasteiger partial charge in [0.15, 0.2) is 0 Å². The number of hydrogen-bond acceptors (Lipinski definition) is 5. The van der Waals surface area contributed by atoms with Crippen molar-refractivity contribution in [3.63, 3.8) is 0 Å². The van der Waals surface area contributed by atoms with Gasteiger partial charge in [-0.2, -0.15) is 21.6 Å². The van der Waals surface area contributed by atoms with Crippen molar-refractivity contribution in [2.45, 2.75) is 24.9 Å². The SMILES string of the molecule is CCOP(=O)(OCC)/C(=N\S(=O)(=O)c1ccccc1)C(F)(F)F. The first-order chi connectivity index (χ1) is 10.6. The molecule has 130 valence electrons. The normalized spacial score (nSPS) is 14.0. The zero-order valence-corrected chi connectivity index (χ0v) is 14.0. The van der Waals surface area contributed by atoms with Crippen LogP contribution in [-0.4, -0.2) is 33.3 Å². The van der Waals surface area contributed by atoms with Crippen LogP contribution in [0.1, 0.15) is 13.8 Å². The molecule has 0 radical (unpaired) electrons. The van der Waals surface area contributed by atoms with Gasteiger partial charge >= 0.3 is 13.8 Å². The third-order valence-electron chi connectivity index (χ3n) is 2.36. The van der Waals surface area contributed by atoms with Gasteiger partial charge in [0.25, 0.3) is 10.0 Å². The minimum absolute atomic E-state index is 0.377. The molecular formula is C12H15F3NO5PS. The molecule has 0 N–H and O–H groups in total. The number of benzene rings is 1. The summed E-state index contributed by atoms with van der Waals surface area (Å²) in [4.78, 5) is -0.471. The molecule has 0 unspecified atom stereocenters. The minimum atomic E-state index is -5.30. The third-order valence-corrected chi connectivity index (χ3v) is 5.85. The standard InChI is InChI=1S/C12H15F3NO5PS/c1-3-20-22(17,21-4-2)11(12(13,14)15)16-23(18,19)10-8-6-5-7-9-10/h5-9H,3-4H2,1-2H3/b16-11-. The van der Waals surface area contributed by atoms with Crippen LogP contribution in [0.25, 0.3) is 0 Å². The van der Waals surface area contributed by atoms with Gasteiger partial charge in [0, 0.05) is 0 Å². The van der Waals surface area contributed by atoms with Crippen molar-refractivity contribution in [1.82, 2.24) is 0 Å². The van der Waals surface area contributed by atoms with Crippen molar-refractivity contribution in [3.8, 4) is 0 Å². The van der Waals surface area contributed by atoms with E-state index in [0.717, 1.165) is 12.1 Å². The molecule has 0 aliphatic heterocycles. The average Bonchev–Trinajstić information content (AvgIpc) is 2.45. The molecule has 0 bridgehead atoms. The fourth-order valence-electron chi connectivity index (χ4n) is 1.52. The lowest BCUT2D eigenvalue weighted by Gasteiger charge is -2.20. The van der Waals surface area contributed by atoms with Crippen LogP contribution in [-0.2, 0) is 23.6 Å². The first kappa shape index (κ1) is 19.8. The molecule has 0 fully saturated rings. The van der Waals surface area contributed by atoms with Crippen LogP contribution < -0.4 is 0 Å². The van der Waals surface area contributed by atoms with Crippen LogP contribution in [0.3, 0.4) is 0 Å². The Labute approximate surface area is 131 Å². The van der Waals surface area contributed by atoms with E-state index in [2.05, 4.69) is 13.4 Å². The summed E-state index contributed by atoms with van der Waals surface area (Å²) in [6, 6.07) is 6.26. The van der Waals surface area contributed by atoms with Gasteiger partial charge in [-0.15, -0.1) is 4.40 Å². The van der Waals surface area contributed by atoms with Gasteiger partial charge < -0.3 is 9.05 Å². The molecule has 1 rings (SSSR count). The molecule has 0 aromatic heterocycles. The molecule has 0 saturated heterocycles. The van der Waals surface area contributed by atoms with Crippen molar-refractivity contribution in [1.29, 1.82) is 0 Å². The molecule has 6 nitrogen and oxygen atoms in total. The molecule has 1 aromatic carbocycles. The van der Waals surface area contributed by atoms with Gasteiger partial charge in [-0.25, -0.2) is 0 Å². The van der Waals surface area contributed by atoms with E-state index in [1.54, 1.807) is 0 Å². The minimum Gasteiger partial charge on any atom is -0.304 e. The average molecular weight is 373 g/mol. The fraction of sp³-hybridized carbons (Fsp3) is 0.417. The molecule has 0 saturated carbocycles. The summed E-state index contributed by atoms with van der Waals surface area (Å²) in [7, 11) is -9.65. The van der Waals surface area contributed by atoms with Crippen molar-refractivity contribution in [3.05, 3.63) is 30.3 Å². The Balaban J connectivity index is 3.51. The van der Waals surface area contributed by atoms with Gasteiger partial charge in [-0.1, -0.05) is 18.2 Å². The highest BCUT2D eigenvalue weighted by Crippen LogP contribution is 2.54.